The predicted molar refractivity (Wildman–Crippen MR) is 124 cm³/mol. The van der Waals surface area contributed by atoms with Crippen LogP contribution in [0.4, 0.5) is 11.4 Å². The van der Waals surface area contributed by atoms with Gasteiger partial charge in [-0.2, -0.15) is 0 Å². The van der Waals surface area contributed by atoms with Gasteiger partial charge in [0.25, 0.3) is 0 Å². The molecular formula is C26H30N2. The molecule has 0 aromatic heterocycles. The van der Waals surface area contributed by atoms with E-state index in [0.717, 1.165) is 5.57 Å². The van der Waals surface area contributed by atoms with Crippen LogP contribution in [0.3, 0.4) is 0 Å². The highest BCUT2D eigenvalue weighted by Gasteiger charge is 2.17. The highest BCUT2D eigenvalue weighted by molar-refractivity contribution is 5.62. The van der Waals surface area contributed by atoms with Crippen molar-refractivity contribution in [1.82, 2.24) is 0 Å². The van der Waals surface area contributed by atoms with Crippen LogP contribution in [0.15, 0.2) is 79.4 Å². The lowest BCUT2D eigenvalue weighted by atomic mass is 9.84. The Labute approximate surface area is 169 Å². The van der Waals surface area contributed by atoms with Crippen molar-refractivity contribution in [1.29, 1.82) is 0 Å². The normalized spacial score (nSPS) is 10.8. The molecular weight excluding hydrogens is 340 g/mol. The van der Waals surface area contributed by atoms with Crippen molar-refractivity contribution in [2.45, 2.75) is 12.8 Å². The van der Waals surface area contributed by atoms with Crippen molar-refractivity contribution in [3.63, 3.8) is 0 Å². The van der Waals surface area contributed by atoms with Crippen molar-refractivity contribution in [2.75, 3.05) is 38.0 Å². The van der Waals surface area contributed by atoms with Crippen molar-refractivity contribution in [3.8, 4) is 0 Å². The number of allylic oxidation sites excluding steroid dienone is 1. The van der Waals surface area contributed by atoms with Crippen LogP contribution in [-0.2, 0) is 0 Å². The molecule has 0 amide bonds. The third kappa shape index (κ3) is 4.28. The summed E-state index contributed by atoms with van der Waals surface area (Å²) in [5, 5.41) is 0. The summed E-state index contributed by atoms with van der Waals surface area (Å²) in [5.41, 5.74) is 8.59. The maximum Gasteiger partial charge on any atom is 0.0361 e. The molecule has 0 radical (unpaired) electrons. The predicted octanol–water partition coefficient (Wildman–Crippen LogP) is 6.03. The number of hydrogen-bond donors (Lipinski definition) is 0. The second kappa shape index (κ2) is 8.35. The Hall–Kier alpha value is -3.00. The molecule has 3 aromatic rings. The van der Waals surface area contributed by atoms with Crippen LogP contribution in [0.5, 0.6) is 0 Å². The fourth-order valence-corrected chi connectivity index (χ4v) is 3.47. The number of benzene rings is 3. The Morgan fingerprint density at radius 3 is 1.21 bits per heavy atom. The van der Waals surface area contributed by atoms with Gasteiger partial charge in [-0.25, -0.2) is 0 Å². The van der Waals surface area contributed by atoms with Crippen molar-refractivity contribution in [2.24, 2.45) is 0 Å². The van der Waals surface area contributed by atoms with Gasteiger partial charge in [0.2, 0.25) is 0 Å². The largest absolute Gasteiger partial charge is 0.378 e. The minimum absolute atomic E-state index is 0.201. The van der Waals surface area contributed by atoms with E-state index in [2.05, 4.69) is 117 Å². The van der Waals surface area contributed by atoms with E-state index in [-0.39, 0.29) is 5.92 Å². The first-order valence-corrected chi connectivity index (χ1v) is 9.67. The lowest BCUT2D eigenvalue weighted by Crippen LogP contribution is -2.10. The van der Waals surface area contributed by atoms with E-state index in [1.54, 1.807) is 0 Å². The first kappa shape index (κ1) is 19.8. The van der Waals surface area contributed by atoms with Crippen LogP contribution >= 0.6 is 0 Å². The van der Waals surface area contributed by atoms with Gasteiger partial charge in [0.05, 0.1) is 0 Å². The molecule has 0 unspecified atom stereocenters. The van der Waals surface area contributed by atoms with E-state index in [9.17, 15) is 0 Å². The smallest absolute Gasteiger partial charge is 0.0361 e. The first-order valence-electron chi connectivity index (χ1n) is 9.67. The van der Waals surface area contributed by atoms with Gasteiger partial charge in [0.1, 0.15) is 0 Å². The molecule has 0 fully saturated rings. The zero-order valence-corrected chi connectivity index (χ0v) is 17.6. The van der Waals surface area contributed by atoms with E-state index in [4.69, 9.17) is 0 Å². The van der Waals surface area contributed by atoms with Crippen molar-refractivity contribution in [3.05, 3.63) is 102 Å². The summed E-state index contributed by atoms with van der Waals surface area (Å²) < 4.78 is 0. The molecule has 2 heteroatoms. The Bertz CT molecular complexity index is 866. The van der Waals surface area contributed by atoms with Crippen LogP contribution in [0.1, 0.15) is 35.1 Å². The van der Waals surface area contributed by atoms with E-state index in [1.807, 2.05) is 6.92 Å². The van der Waals surface area contributed by atoms with Gasteiger partial charge in [-0.1, -0.05) is 60.7 Å². The molecule has 2 nitrogen and oxygen atoms in total. The molecule has 3 rings (SSSR count). The molecule has 0 aliphatic carbocycles. The molecule has 0 N–H and O–H groups in total. The minimum Gasteiger partial charge on any atom is -0.378 e. The minimum atomic E-state index is 0.201. The molecule has 0 spiro atoms. The van der Waals surface area contributed by atoms with Gasteiger partial charge in [-0.05, 0) is 53.4 Å². The topological polar surface area (TPSA) is 6.48 Å². The summed E-state index contributed by atoms with van der Waals surface area (Å²) in [4.78, 5) is 4.26. The highest BCUT2D eigenvalue weighted by Crippen LogP contribution is 2.34. The molecule has 0 bridgehead atoms. The van der Waals surface area contributed by atoms with Crippen molar-refractivity contribution < 1.29 is 0 Å². The van der Waals surface area contributed by atoms with Crippen LogP contribution in [0.25, 0.3) is 5.57 Å². The Kier molecular flexibility index (Phi) is 5.89. The molecule has 0 saturated heterocycles. The van der Waals surface area contributed by atoms with Gasteiger partial charge >= 0.3 is 0 Å². The summed E-state index contributed by atoms with van der Waals surface area (Å²) in [6.07, 6.45) is 0. The lowest BCUT2D eigenvalue weighted by molar-refractivity contribution is 0.973. The van der Waals surface area contributed by atoms with E-state index in [0.29, 0.717) is 0 Å². The number of nitrogens with zero attached hydrogens (tertiary/aromatic N) is 2. The summed E-state index contributed by atoms with van der Waals surface area (Å²) in [7, 11) is 8.29. The lowest BCUT2D eigenvalue weighted by Gasteiger charge is -2.22. The maximum atomic E-state index is 4.06. The standard InChI is InChI=1S/C26H30N2/c1-19(2)20-7-9-21(10-8-20)26(22-11-15-24(16-12-22)27(3)4)23-13-17-25(18-14-23)28(5)6/h7-18,26H,1H2,2-6H3. The Morgan fingerprint density at radius 2 is 0.929 bits per heavy atom. The molecule has 0 atom stereocenters. The third-order valence-electron chi connectivity index (χ3n) is 5.22. The zero-order valence-electron chi connectivity index (χ0n) is 17.6. The second-order valence-corrected chi connectivity index (χ2v) is 7.81. The fraction of sp³-hybridized carbons (Fsp3) is 0.231. The zero-order chi connectivity index (χ0) is 20.3. The average molecular weight is 371 g/mol. The molecule has 0 aliphatic rings. The fourth-order valence-electron chi connectivity index (χ4n) is 3.47. The number of anilines is 2. The summed E-state index contributed by atoms with van der Waals surface area (Å²) >= 11 is 0. The number of rotatable bonds is 6. The Balaban J connectivity index is 2.06. The third-order valence-corrected chi connectivity index (χ3v) is 5.22. The molecule has 28 heavy (non-hydrogen) atoms. The monoisotopic (exact) mass is 370 g/mol. The summed E-state index contributed by atoms with van der Waals surface area (Å²) in [6, 6.07) is 26.6. The number of hydrogen-bond acceptors (Lipinski definition) is 2. The molecule has 3 aromatic carbocycles. The van der Waals surface area contributed by atoms with Gasteiger partial charge in [-0.15, -0.1) is 0 Å². The molecule has 0 saturated carbocycles. The van der Waals surface area contributed by atoms with Crippen molar-refractivity contribution >= 4 is 16.9 Å². The van der Waals surface area contributed by atoms with Gasteiger partial charge in [-0.3, -0.25) is 0 Å². The second-order valence-electron chi connectivity index (χ2n) is 7.81. The summed E-state index contributed by atoms with van der Waals surface area (Å²) in [6.45, 7) is 6.11. The Morgan fingerprint density at radius 1 is 0.607 bits per heavy atom. The van der Waals surface area contributed by atoms with E-state index < -0.39 is 0 Å². The molecule has 0 heterocycles. The van der Waals surface area contributed by atoms with Crippen LogP contribution in [-0.4, -0.2) is 28.2 Å². The quantitative estimate of drug-likeness (QED) is 0.489. The molecule has 144 valence electrons. The molecule has 0 aliphatic heterocycles. The van der Waals surface area contributed by atoms with Gasteiger partial charge in [0.15, 0.2) is 0 Å². The summed E-state index contributed by atoms with van der Waals surface area (Å²) in [5.74, 6) is 0.201. The van der Waals surface area contributed by atoms with E-state index >= 15 is 0 Å². The van der Waals surface area contributed by atoms with Crippen LogP contribution in [0.2, 0.25) is 0 Å². The first-order chi connectivity index (χ1) is 13.4. The maximum absolute atomic E-state index is 4.06. The average Bonchev–Trinajstić information content (AvgIpc) is 2.69. The SMILES string of the molecule is C=C(C)c1ccc(C(c2ccc(N(C)C)cc2)c2ccc(N(C)C)cc2)cc1. The van der Waals surface area contributed by atoms with E-state index in [1.165, 1.54) is 33.6 Å². The van der Waals surface area contributed by atoms with Crippen LogP contribution < -0.4 is 9.80 Å². The van der Waals surface area contributed by atoms with Gasteiger partial charge < -0.3 is 9.80 Å². The van der Waals surface area contributed by atoms with Crippen LogP contribution in [0, 0.1) is 0 Å². The highest BCUT2D eigenvalue weighted by atomic mass is 15.1. The van der Waals surface area contributed by atoms with Gasteiger partial charge in [0, 0.05) is 45.5 Å².